The van der Waals surface area contributed by atoms with Crippen LogP contribution in [0.3, 0.4) is 0 Å². The van der Waals surface area contributed by atoms with E-state index in [0.717, 1.165) is 13.2 Å². The molecule has 0 bridgehead atoms. The molecule has 0 amide bonds. The van der Waals surface area contributed by atoms with Gasteiger partial charge in [0.25, 0.3) is 0 Å². The van der Waals surface area contributed by atoms with Crippen molar-refractivity contribution in [2.24, 2.45) is 11.8 Å². The molecule has 5 atom stereocenters. The first kappa shape index (κ1) is 17.9. The van der Waals surface area contributed by atoms with Gasteiger partial charge in [-0.3, -0.25) is 4.90 Å². The van der Waals surface area contributed by atoms with Crippen LogP contribution in [0.15, 0.2) is 0 Å². The van der Waals surface area contributed by atoms with E-state index >= 15 is 0 Å². The Morgan fingerprint density at radius 2 is 1.55 bits per heavy atom. The number of piperidine rings is 1. The molecule has 1 aliphatic heterocycles. The molecule has 20 heavy (non-hydrogen) atoms. The predicted molar refractivity (Wildman–Crippen MR) is 85.1 cm³/mol. The van der Waals surface area contributed by atoms with E-state index in [1.54, 1.807) is 0 Å². The van der Waals surface area contributed by atoms with E-state index in [0.29, 0.717) is 30.0 Å². The van der Waals surface area contributed by atoms with Crippen molar-refractivity contribution in [1.29, 1.82) is 0 Å². The van der Waals surface area contributed by atoms with E-state index in [4.69, 9.17) is 9.47 Å². The molecule has 0 N–H and O–H groups in total. The molecule has 1 heterocycles. The van der Waals surface area contributed by atoms with Gasteiger partial charge in [0.1, 0.15) is 0 Å². The Kier molecular flexibility index (Phi) is 8.08. The van der Waals surface area contributed by atoms with Crippen LogP contribution in [0.1, 0.15) is 53.4 Å². The van der Waals surface area contributed by atoms with Crippen LogP contribution < -0.4 is 0 Å². The van der Waals surface area contributed by atoms with E-state index in [9.17, 15) is 0 Å². The fraction of sp³-hybridized carbons (Fsp3) is 1.00. The second kappa shape index (κ2) is 9.01. The minimum absolute atomic E-state index is 0.373. The lowest BCUT2D eigenvalue weighted by molar-refractivity contribution is -0.126. The lowest BCUT2D eigenvalue weighted by Gasteiger charge is -2.53. The lowest BCUT2D eigenvalue weighted by atomic mass is 9.71. The van der Waals surface area contributed by atoms with Crippen molar-refractivity contribution in [1.82, 2.24) is 4.90 Å². The summed E-state index contributed by atoms with van der Waals surface area (Å²) >= 11 is 0. The third kappa shape index (κ3) is 3.55. The maximum Gasteiger partial charge on any atom is 0.0757 e. The average molecular weight is 285 g/mol. The standard InChI is InChI=1S/C17H35NO2/c1-7-11-15-17(20-6)14(9-3)13(8-2)16(12-19-5)18(15)10-4/h13-17H,7-12H2,1-6H3. The van der Waals surface area contributed by atoms with Crippen LogP contribution in [0.2, 0.25) is 0 Å². The highest BCUT2D eigenvalue weighted by molar-refractivity contribution is 4.99. The van der Waals surface area contributed by atoms with E-state index < -0.39 is 0 Å². The first-order valence-electron chi connectivity index (χ1n) is 8.47. The highest BCUT2D eigenvalue weighted by atomic mass is 16.5. The second-order valence-electron chi connectivity index (χ2n) is 6.05. The molecule has 1 saturated heterocycles. The van der Waals surface area contributed by atoms with E-state index in [2.05, 4.69) is 32.6 Å². The van der Waals surface area contributed by atoms with Gasteiger partial charge in [-0.25, -0.2) is 0 Å². The van der Waals surface area contributed by atoms with Gasteiger partial charge in [0, 0.05) is 26.3 Å². The van der Waals surface area contributed by atoms with Crippen molar-refractivity contribution in [2.75, 3.05) is 27.4 Å². The summed E-state index contributed by atoms with van der Waals surface area (Å²) in [5.41, 5.74) is 0. The van der Waals surface area contributed by atoms with Crippen molar-refractivity contribution in [3.63, 3.8) is 0 Å². The largest absolute Gasteiger partial charge is 0.383 e. The van der Waals surface area contributed by atoms with Gasteiger partial charge in [0.15, 0.2) is 0 Å². The highest BCUT2D eigenvalue weighted by Crippen LogP contribution is 2.40. The first-order chi connectivity index (χ1) is 9.69. The highest BCUT2D eigenvalue weighted by Gasteiger charge is 2.46. The Hall–Kier alpha value is -0.120. The van der Waals surface area contributed by atoms with Gasteiger partial charge in [-0.05, 0) is 24.8 Å². The van der Waals surface area contributed by atoms with Crippen molar-refractivity contribution in [2.45, 2.75) is 71.6 Å². The van der Waals surface area contributed by atoms with Crippen LogP contribution in [-0.2, 0) is 9.47 Å². The zero-order chi connectivity index (χ0) is 15.1. The van der Waals surface area contributed by atoms with Gasteiger partial charge in [-0.2, -0.15) is 0 Å². The van der Waals surface area contributed by atoms with Crippen molar-refractivity contribution in [3.05, 3.63) is 0 Å². The summed E-state index contributed by atoms with van der Waals surface area (Å²) in [6, 6.07) is 1.09. The molecule has 1 fully saturated rings. The van der Waals surface area contributed by atoms with Gasteiger partial charge in [0.2, 0.25) is 0 Å². The number of likely N-dealkylation sites (N-methyl/N-ethyl adjacent to an activating group) is 1. The van der Waals surface area contributed by atoms with Crippen LogP contribution in [0, 0.1) is 11.8 Å². The van der Waals surface area contributed by atoms with Crippen molar-refractivity contribution >= 4 is 0 Å². The number of likely N-dealkylation sites (tertiary alicyclic amines) is 1. The number of nitrogens with zero attached hydrogens (tertiary/aromatic N) is 1. The average Bonchev–Trinajstić information content (AvgIpc) is 2.47. The van der Waals surface area contributed by atoms with Crippen LogP contribution in [-0.4, -0.2) is 50.5 Å². The minimum Gasteiger partial charge on any atom is -0.383 e. The summed E-state index contributed by atoms with van der Waals surface area (Å²) in [6.07, 6.45) is 5.22. The van der Waals surface area contributed by atoms with E-state index in [-0.39, 0.29) is 0 Å². The quantitative estimate of drug-likeness (QED) is 0.680. The fourth-order valence-corrected chi connectivity index (χ4v) is 4.42. The zero-order valence-corrected chi connectivity index (χ0v) is 14.4. The van der Waals surface area contributed by atoms with Crippen LogP contribution in [0.25, 0.3) is 0 Å². The monoisotopic (exact) mass is 285 g/mol. The summed E-state index contributed by atoms with van der Waals surface area (Å²) in [4.78, 5) is 2.65. The molecule has 0 aromatic rings. The lowest BCUT2D eigenvalue weighted by Crippen LogP contribution is -2.62. The number of rotatable bonds is 8. The normalized spacial score (nSPS) is 35.4. The van der Waals surface area contributed by atoms with E-state index in [1.807, 2.05) is 14.2 Å². The summed E-state index contributed by atoms with van der Waals surface area (Å²) < 4.78 is 11.5. The molecule has 0 aliphatic carbocycles. The molecular formula is C17H35NO2. The Bertz CT molecular complexity index is 237. The third-order valence-corrected chi connectivity index (χ3v) is 5.20. The summed E-state index contributed by atoms with van der Waals surface area (Å²) in [5, 5.41) is 0. The SMILES string of the molecule is CCCC1C(OC)C(CC)C(CC)C(COC)N1CC. The Balaban J connectivity index is 3.09. The fourth-order valence-electron chi connectivity index (χ4n) is 4.42. The molecule has 0 aromatic carbocycles. The smallest absolute Gasteiger partial charge is 0.0757 e. The summed E-state index contributed by atoms with van der Waals surface area (Å²) in [7, 11) is 3.73. The molecule has 0 saturated carbocycles. The second-order valence-corrected chi connectivity index (χ2v) is 6.05. The van der Waals surface area contributed by atoms with E-state index in [1.165, 1.54) is 25.7 Å². The number of ether oxygens (including phenoxy) is 2. The van der Waals surface area contributed by atoms with Crippen LogP contribution in [0.4, 0.5) is 0 Å². The first-order valence-corrected chi connectivity index (χ1v) is 8.47. The molecule has 0 spiro atoms. The van der Waals surface area contributed by atoms with Gasteiger partial charge in [0.05, 0.1) is 12.7 Å². The number of hydrogen-bond donors (Lipinski definition) is 0. The van der Waals surface area contributed by atoms with Gasteiger partial charge >= 0.3 is 0 Å². The molecule has 3 nitrogen and oxygen atoms in total. The molecule has 0 radical (unpaired) electrons. The Morgan fingerprint density at radius 1 is 0.900 bits per heavy atom. The summed E-state index contributed by atoms with van der Waals surface area (Å²) in [5.74, 6) is 1.34. The molecule has 5 unspecified atom stereocenters. The molecule has 120 valence electrons. The van der Waals surface area contributed by atoms with Gasteiger partial charge < -0.3 is 9.47 Å². The Labute approximate surface area is 126 Å². The van der Waals surface area contributed by atoms with Crippen molar-refractivity contribution < 1.29 is 9.47 Å². The molecule has 1 rings (SSSR count). The maximum atomic E-state index is 5.97. The zero-order valence-electron chi connectivity index (χ0n) is 14.4. The minimum atomic E-state index is 0.373. The van der Waals surface area contributed by atoms with Gasteiger partial charge in [-0.1, -0.05) is 47.0 Å². The van der Waals surface area contributed by atoms with Crippen LogP contribution >= 0.6 is 0 Å². The molecule has 0 aromatic heterocycles. The molecule has 1 aliphatic rings. The maximum absolute atomic E-state index is 5.97. The third-order valence-electron chi connectivity index (χ3n) is 5.20. The Morgan fingerprint density at radius 3 is 1.95 bits per heavy atom. The van der Waals surface area contributed by atoms with Crippen molar-refractivity contribution in [3.8, 4) is 0 Å². The van der Waals surface area contributed by atoms with Gasteiger partial charge in [-0.15, -0.1) is 0 Å². The van der Waals surface area contributed by atoms with Crippen LogP contribution in [0.5, 0.6) is 0 Å². The topological polar surface area (TPSA) is 21.7 Å². The molecular weight excluding hydrogens is 250 g/mol. The molecule has 3 heteroatoms. The number of methoxy groups -OCH3 is 2. The number of hydrogen-bond acceptors (Lipinski definition) is 3. The predicted octanol–water partition coefficient (Wildman–Crippen LogP) is 3.57. The summed E-state index contributed by atoms with van der Waals surface area (Å²) in [6.45, 7) is 11.1.